The minimum Gasteiger partial charge on any atom is -0.367 e. The molecule has 0 saturated heterocycles. The smallest absolute Gasteiger partial charge is 0.367 e. The first-order valence-electron chi connectivity index (χ1n) is 6.05. The maximum absolute atomic E-state index is 12.8. The zero-order valence-corrected chi connectivity index (χ0v) is 11.0. The summed E-state index contributed by atoms with van der Waals surface area (Å²) >= 11 is 5.95. The summed E-state index contributed by atoms with van der Waals surface area (Å²) in [5, 5.41) is 4.03. The van der Waals surface area contributed by atoms with E-state index < -0.39 is 18.0 Å². The maximum Gasteiger partial charge on any atom is 0.390 e. The highest BCUT2D eigenvalue weighted by Crippen LogP contribution is 2.50. The second-order valence-corrected chi connectivity index (χ2v) is 5.42. The third kappa shape index (κ3) is 2.07. The summed E-state index contributed by atoms with van der Waals surface area (Å²) < 4.78 is 39.7. The molecule has 0 bridgehead atoms. The van der Waals surface area contributed by atoms with Crippen LogP contribution in [-0.4, -0.2) is 25.8 Å². The number of halogens is 4. The number of nitrogens with two attached hydrogens (primary N) is 1. The number of rotatable bonds is 2. The molecule has 0 atom stereocenters. The van der Waals surface area contributed by atoms with Gasteiger partial charge >= 0.3 is 6.18 Å². The van der Waals surface area contributed by atoms with Gasteiger partial charge in [0.2, 0.25) is 5.95 Å². The zero-order chi connectivity index (χ0) is 14.5. The van der Waals surface area contributed by atoms with Crippen molar-refractivity contribution in [1.29, 1.82) is 0 Å². The fourth-order valence-electron chi connectivity index (χ4n) is 2.67. The Kier molecular flexibility index (Phi) is 2.82. The van der Waals surface area contributed by atoms with Gasteiger partial charge in [0.1, 0.15) is 11.3 Å². The molecule has 0 amide bonds. The van der Waals surface area contributed by atoms with E-state index in [0.717, 1.165) is 6.42 Å². The molecule has 2 aromatic heterocycles. The molecule has 2 aromatic rings. The van der Waals surface area contributed by atoms with Gasteiger partial charge in [0, 0.05) is 5.41 Å². The van der Waals surface area contributed by atoms with Crippen molar-refractivity contribution in [2.75, 3.05) is 5.73 Å². The van der Waals surface area contributed by atoms with Crippen LogP contribution in [0.3, 0.4) is 0 Å². The number of imidazole rings is 1. The molecule has 1 saturated carbocycles. The van der Waals surface area contributed by atoms with Crippen LogP contribution >= 0.6 is 11.6 Å². The summed E-state index contributed by atoms with van der Waals surface area (Å²) in [6.07, 6.45) is -2.29. The molecule has 0 aliphatic heterocycles. The van der Waals surface area contributed by atoms with Gasteiger partial charge in [-0.2, -0.15) is 13.2 Å². The Morgan fingerprint density at radius 2 is 2.10 bits per heavy atom. The summed E-state index contributed by atoms with van der Waals surface area (Å²) in [7, 11) is 0. The lowest BCUT2D eigenvalue weighted by atomic mass is 9.66. The highest BCUT2D eigenvalue weighted by atomic mass is 35.5. The lowest BCUT2D eigenvalue weighted by Crippen LogP contribution is -2.40. The highest BCUT2D eigenvalue weighted by molar-refractivity contribution is 6.32. The van der Waals surface area contributed by atoms with Crippen LogP contribution in [0.4, 0.5) is 19.1 Å². The largest absolute Gasteiger partial charge is 0.390 e. The molecule has 2 heterocycles. The van der Waals surface area contributed by atoms with Crippen molar-refractivity contribution < 1.29 is 13.2 Å². The molecule has 3 rings (SSSR count). The van der Waals surface area contributed by atoms with Crippen LogP contribution in [0.1, 0.15) is 31.5 Å². The van der Waals surface area contributed by atoms with E-state index in [9.17, 15) is 13.2 Å². The van der Waals surface area contributed by atoms with Gasteiger partial charge in [-0.1, -0.05) is 18.0 Å². The Bertz CT molecular complexity index is 662. The Hall–Kier alpha value is -1.57. The van der Waals surface area contributed by atoms with Crippen molar-refractivity contribution in [2.45, 2.75) is 37.3 Å². The van der Waals surface area contributed by atoms with E-state index in [1.807, 2.05) is 0 Å². The molecule has 0 unspecified atom stereocenters. The van der Waals surface area contributed by atoms with Crippen molar-refractivity contribution in [2.24, 2.45) is 0 Å². The molecule has 2 N–H and O–H groups in total. The Morgan fingerprint density at radius 3 is 2.65 bits per heavy atom. The average molecular weight is 306 g/mol. The third-order valence-electron chi connectivity index (χ3n) is 3.69. The second-order valence-electron chi connectivity index (χ2n) is 5.07. The molecule has 108 valence electrons. The number of hydrogen-bond donors (Lipinski definition) is 1. The van der Waals surface area contributed by atoms with E-state index in [1.54, 1.807) is 0 Å². The summed E-state index contributed by atoms with van der Waals surface area (Å²) in [5.74, 6) is 0.185. The topological polar surface area (TPSA) is 69.1 Å². The van der Waals surface area contributed by atoms with Crippen LogP contribution < -0.4 is 5.73 Å². The monoisotopic (exact) mass is 305 g/mol. The second kappa shape index (κ2) is 4.21. The lowest BCUT2D eigenvalue weighted by Gasteiger charge is -2.40. The molecular formula is C11H11ClF3N5. The Morgan fingerprint density at radius 1 is 1.40 bits per heavy atom. The zero-order valence-electron chi connectivity index (χ0n) is 10.3. The minimum atomic E-state index is -4.27. The SMILES string of the molecule is Nc1ncc2c(Cl)nc(C3(CC(F)(F)F)CCC3)n2n1. The maximum atomic E-state index is 12.8. The van der Waals surface area contributed by atoms with Gasteiger partial charge in [-0.3, -0.25) is 0 Å². The van der Waals surface area contributed by atoms with E-state index in [1.165, 1.54) is 10.7 Å². The molecule has 1 aliphatic carbocycles. The quantitative estimate of drug-likeness (QED) is 0.926. The number of nitrogens with zero attached hydrogens (tertiary/aromatic N) is 4. The summed E-state index contributed by atoms with van der Waals surface area (Å²) in [4.78, 5) is 7.86. The molecule has 20 heavy (non-hydrogen) atoms. The predicted octanol–water partition coefficient (Wildman–Crippen LogP) is 2.73. The molecule has 1 fully saturated rings. The van der Waals surface area contributed by atoms with Crippen LogP contribution in [0, 0.1) is 0 Å². The average Bonchev–Trinajstić information content (AvgIpc) is 2.60. The van der Waals surface area contributed by atoms with E-state index in [-0.39, 0.29) is 16.9 Å². The molecular weight excluding hydrogens is 295 g/mol. The van der Waals surface area contributed by atoms with Crippen molar-refractivity contribution in [3.05, 3.63) is 17.2 Å². The van der Waals surface area contributed by atoms with Gasteiger partial charge in [-0.15, -0.1) is 5.10 Å². The Labute approximate surface area is 117 Å². The van der Waals surface area contributed by atoms with Crippen molar-refractivity contribution in [1.82, 2.24) is 19.6 Å². The normalized spacial score (nSPS) is 18.2. The van der Waals surface area contributed by atoms with Gasteiger partial charge in [-0.05, 0) is 12.8 Å². The van der Waals surface area contributed by atoms with Gasteiger partial charge in [0.15, 0.2) is 5.15 Å². The fraction of sp³-hybridized carbons (Fsp3) is 0.545. The fourth-order valence-corrected chi connectivity index (χ4v) is 2.88. The van der Waals surface area contributed by atoms with Crippen LogP contribution in [0.2, 0.25) is 5.15 Å². The number of aromatic nitrogens is 4. The van der Waals surface area contributed by atoms with Crippen LogP contribution in [0.25, 0.3) is 5.52 Å². The van der Waals surface area contributed by atoms with E-state index in [4.69, 9.17) is 17.3 Å². The first-order chi connectivity index (χ1) is 9.31. The van der Waals surface area contributed by atoms with Gasteiger partial charge < -0.3 is 5.73 Å². The summed E-state index contributed by atoms with van der Waals surface area (Å²) in [5.41, 5.74) is 4.80. The lowest BCUT2D eigenvalue weighted by molar-refractivity contribution is -0.156. The third-order valence-corrected chi connectivity index (χ3v) is 3.97. The van der Waals surface area contributed by atoms with Gasteiger partial charge in [-0.25, -0.2) is 14.5 Å². The van der Waals surface area contributed by atoms with Crippen molar-refractivity contribution in [3.8, 4) is 0 Å². The summed E-state index contributed by atoms with van der Waals surface area (Å²) in [6.45, 7) is 0. The molecule has 1 aliphatic rings. The minimum absolute atomic E-state index is 0.0331. The van der Waals surface area contributed by atoms with E-state index in [2.05, 4.69) is 15.1 Å². The predicted molar refractivity (Wildman–Crippen MR) is 66.4 cm³/mol. The van der Waals surface area contributed by atoms with Crippen molar-refractivity contribution >= 4 is 23.1 Å². The number of nitrogen functional groups attached to an aromatic ring is 1. The molecule has 5 nitrogen and oxygen atoms in total. The standard InChI is InChI=1S/C11H11ClF3N5/c12-7-6-4-17-9(16)19-20(6)8(18-7)10(2-1-3-10)5-11(13,14)15/h4H,1-3,5H2,(H2,16,19). The first kappa shape index (κ1) is 13.4. The van der Waals surface area contributed by atoms with Crippen LogP contribution in [0.15, 0.2) is 6.20 Å². The number of hydrogen-bond acceptors (Lipinski definition) is 4. The van der Waals surface area contributed by atoms with Gasteiger partial charge in [0.05, 0.1) is 12.6 Å². The number of anilines is 1. The number of alkyl halides is 3. The van der Waals surface area contributed by atoms with Crippen LogP contribution in [0.5, 0.6) is 0 Å². The number of fused-ring (bicyclic) bond motifs is 1. The highest BCUT2D eigenvalue weighted by Gasteiger charge is 2.50. The van der Waals surface area contributed by atoms with E-state index >= 15 is 0 Å². The molecule has 0 spiro atoms. The first-order valence-corrected chi connectivity index (χ1v) is 6.43. The van der Waals surface area contributed by atoms with Gasteiger partial charge in [0.25, 0.3) is 0 Å². The van der Waals surface area contributed by atoms with Crippen LogP contribution in [-0.2, 0) is 5.41 Å². The van der Waals surface area contributed by atoms with E-state index in [0.29, 0.717) is 18.4 Å². The Balaban J connectivity index is 2.15. The molecule has 0 aromatic carbocycles. The van der Waals surface area contributed by atoms with Crippen molar-refractivity contribution in [3.63, 3.8) is 0 Å². The molecule has 0 radical (unpaired) electrons. The summed E-state index contributed by atoms with van der Waals surface area (Å²) in [6, 6.07) is 0. The molecule has 9 heteroatoms.